The van der Waals surface area contributed by atoms with E-state index in [1.165, 1.54) is 36.5 Å². The zero-order valence-electron chi connectivity index (χ0n) is 10.0. The van der Waals surface area contributed by atoms with E-state index in [9.17, 15) is 10.1 Å². The molecule has 0 bridgehead atoms. The predicted octanol–water partition coefficient (Wildman–Crippen LogP) is 2.72. The third-order valence-electron chi connectivity index (χ3n) is 2.35. The van der Waals surface area contributed by atoms with Crippen molar-refractivity contribution in [1.82, 2.24) is 4.98 Å². The minimum Gasteiger partial charge on any atom is -0.450 e. The monoisotopic (exact) mass is 292 g/mol. The lowest BCUT2D eigenvalue weighted by atomic mass is 10.3. The van der Waals surface area contributed by atoms with Crippen LogP contribution in [-0.2, 0) is 0 Å². The first kappa shape index (κ1) is 13.8. The van der Waals surface area contributed by atoms with Gasteiger partial charge in [-0.2, -0.15) is 0 Å². The Morgan fingerprint density at radius 3 is 2.80 bits per heavy atom. The summed E-state index contributed by atoms with van der Waals surface area (Å²) in [5, 5.41) is 18.5. The fourth-order valence-electron chi connectivity index (χ4n) is 1.47. The second-order valence-corrected chi connectivity index (χ2v) is 4.20. The van der Waals surface area contributed by atoms with Gasteiger partial charge in [-0.15, -0.1) is 0 Å². The molecule has 0 spiro atoms. The molecule has 0 atom stereocenters. The molecule has 0 unspecified atom stereocenters. The molecule has 0 saturated carbocycles. The van der Waals surface area contributed by atoms with Crippen LogP contribution in [0, 0.1) is 15.5 Å². The molecule has 0 aliphatic carbocycles. The standard InChI is InChI=1S/C12H9ClN4O3/c13-7-1-2-11(10(5-7)17(18)19)20-8-3-4-16-9(6-8)12(14)15/h1-6H,(H3,14,15). The lowest BCUT2D eigenvalue weighted by Crippen LogP contribution is -2.12. The van der Waals surface area contributed by atoms with Crippen molar-refractivity contribution >= 4 is 23.1 Å². The Hall–Kier alpha value is -2.67. The fourth-order valence-corrected chi connectivity index (χ4v) is 1.63. The Morgan fingerprint density at radius 1 is 1.40 bits per heavy atom. The van der Waals surface area contributed by atoms with Crippen LogP contribution in [0.2, 0.25) is 5.02 Å². The number of aromatic nitrogens is 1. The van der Waals surface area contributed by atoms with Gasteiger partial charge >= 0.3 is 5.69 Å². The zero-order valence-corrected chi connectivity index (χ0v) is 10.8. The number of pyridine rings is 1. The van der Waals surface area contributed by atoms with Gasteiger partial charge in [0.15, 0.2) is 0 Å². The van der Waals surface area contributed by atoms with E-state index in [1.54, 1.807) is 0 Å². The maximum Gasteiger partial charge on any atom is 0.313 e. The number of nitrogen functional groups attached to an aromatic ring is 1. The van der Waals surface area contributed by atoms with Crippen molar-refractivity contribution in [2.75, 3.05) is 0 Å². The van der Waals surface area contributed by atoms with Crippen molar-refractivity contribution < 1.29 is 9.66 Å². The van der Waals surface area contributed by atoms with Crippen LogP contribution >= 0.6 is 11.6 Å². The Morgan fingerprint density at radius 2 is 2.15 bits per heavy atom. The van der Waals surface area contributed by atoms with Crippen molar-refractivity contribution in [3.63, 3.8) is 0 Å². The Labute approximate surface area is 118 Å². The number of nitro benzene ring substituents is 1. The highest BCUT2D eigenvalue weighted by atomic mass is 35.5. The van der Waals surface area contributed by atoms with E-state index in [0.717, 1.165) is 0 Å². The van der Waals surface area contributed by atoms with Crippen LogP contribution in [0.3, 0.4) is 0 Å². The zero-order chi connectivity index (χ0) is 14.7. The van der Waals surface area contributed by atoms with Gasteiger partial charge in [-0.05, 0) is 18.2 Å². The van der Waals surface area contributed by atoms with Gasteiger partial charge in [-0.1, -0.05) is 11.6 Å². The van der Waals surface area contributed by atoms with Gasteiger partial charge < -0.3 is 10.5 Å². The number of rotatable bonds is 4. The second kappa shape index (κ2) is 5.54. The smallest absolute Gasteiger partial charge is 0.313 e. The lowest BCUT2D eigenvalue weighted by molar-refractivity contribution is -0.385. The number of hydrogen-bond acceptors (Lipinski definition) is 5. The first-order valence-corrected chi connectivity index (χ1v) is 5.77. The number of nitrogens with two attached hydrogens (primary N) is 1. The molecular formula is C12H9ClN4O3. The van der Waals surface area contributed by atoms with Crippen LogP contribution in [0.15, 0.2) is 36.5 Å². The first-order chi connectivity index (χ1) is 9.47. The number of benzene rings is 1. The fraction of sp³-hybridized carbons (Fsp3) is 0. The van der Waals surface area contributed by atoms with Crippen molar-refractivity contribution in [2.24, 2.45) is 5.73 Å². The second-order valence-electron chi connectivity index (χ2n) is 3.76. The van der Waals surface area contributed by atoms with Crippen LogP contribution in [-0.4, -0.2) is 15.7 Å². The minimum atomic E-state index is -0.589. The molecule has 0 aliphatic heterocycles. The van der Waals surface area contributed by atoms with Gasteiger partial charge in [0, 0.05) is 23.4 Å². The van der Waals surface area contributed by atoms with E-state index in [4.69, 9.17) is 27.5 Å². The third kappa shape index (κ3) is 3.01. The van der Waals surface area contributed by atoms with E-state index < -0.39 is 4.92 Å². The quantitative estimate of drug-likeness (QED) is 0.389. The molecule has 0 radical (unpaired) electrons. The SMILES string of the molecule is N=C(N)c1cc(Oc2ccc(Cl)cc2[N+](=O)[O-])ccn1. The predicted molar refractivity (Wildman–Crippen MR) is 73.4 cm³/mol. The van der Waals surface area contributed by atoms with E-state index in [1.807, 2.05) is 0 Å². The van der Waals surface area contributed by atoms with Crippen molar-refractivity contribution in [1.29, 1.82) is 5.41 Å². The van der Waals surface area contributed by atoms with Gasteiger partial charge in [0.1, 0.15) is 17.3 Å². The topological polar surface area (TPSA) is 115 Å². The number of amidine groups is 1. The summed E-state index contributed by atoms with van der Waals surface area (Å²) < 4.78 is 5.42. The lowest BCUT2D eigenvalue weighted by Gasteiger charge is -2.07. The van der Waals surface area contributed by atoms with E-state index in [-0.39, 0.29) is 33.7 Å². The summed E-state index contributed by atoms with van der Waals surface area (Å²) in [6.45, 7) is 0. The molecule has 0 saturated heterocycles. The minimum absolute atomic E-state index is 0.0418. The Kier molecular flexibility index (Phi) is 3.81. The van der Waals surface area contributed by atoms with Gasteiger partial charge in [-0.25, -0.2) is 0 Å². The average Bonchev–Trinajstić information content (AvgIpc) is 2.41. The summed E-state index contributed by atoms with van der Waals surface area (Å²) in [5.74, 6) is 0.108. The Balaban J connectivity index is 2.37. The van der Waals surface area contributed by atoms with Gasteiger partial charge in [0.05, 0.1) is 4.92 Å². The summed E-state index contributed by atoms with van der Waals surface area (Å²) in [7, 11) is 0. The summed E-state index contributed by atoms with van der Waals surface area (Å²) in [6.07, 6.45) is 1.40. The molecule has 0 fully saturated rings. The number of halogens is 1. The number of nitrogens with one attached hydrogen (secondary N) is 1. The van der Waals surface area contributed by atoms with Crippen LogP contribution in [0.25, 0.3) is 0 Å². The molecule has 0 aliphatic rings. The van der Waals surface area contributed by atoms with Crippen LogP contribution in [0.5, 0.6) is 11.5 Å². The molecule has 2 rings (SSSR count). The highest BCUT2D eigenvalue weighted by Gasteiger charge is 2.16. The molecule has 2 aromatic rings. The largest absolute Gasteiger partial charge is 0.450 e. The van der Waals surface area contributed by atoms with Gasteiger partial charge in [0.25, 0.3) is 0 Å². The van der Waals surface area contributed by atoms with Crippen LogP contribution in [0.1, 0.15) is 5.69 Å². The molecule has 3 N–H and O–H groups in total. The first-order valence-electron chi connectivity index (χ1n) is 5.39. The highest BCUT2D eigenvalue weighted by molar-refractivity contribution is 6.30. The molecule has 20 heavy (non-hydrogen) atoms. The Bertz CT molecular complexity index is 690. The van der Waals surface area contributed by atoms with E-state index in [0.29, 0.717) is 0 Å². The average molecular weight is 293 g/mol. The molecule has 0 amide bonds. The van der Waals surface area contributed by atoms with E-state index in [2.05, 4.69) is 4.98 Å². The number of nitrogens with zero attached hydrogens (tertiary/aromatic N) is 2. The summed E-state index contributed by atoms with van der Waals surface area (Å²) in [5.41, 5.74) is 5.28. The molecule has 7 nitrogen and oxygen atoms in total. The van der Waals surface area contributed by atoms with Crippen molar-refractivity contribution in [2.45, 2.75) is 0 Å². The molecule has 102 valence electrons. The molecule has 8 heteroatoms. The van der Waals surface area contributed by atoms with Gasteiger partial charge in [-0.3, -0.25) is 20.5 Å². The van der Waals surface area contributed by atoms with E-state index >= 15 is 0 Å². The summed E-state index contributed by atoms with van der Waals surface area (Å²) >= 11 is 5.72. The normalized spacial score (nSPS) is 10.1. The molecule has 1 heterocycles. The summed E-state index contributed by atoms with van der Waals surface area (Å²) in [6, 6.07) is 7.00. The number of nitro groups is 1. The van der Waals surface area contributed by atoms with Gasteiger partial charge in [0.2, 0.25) is 5.75 Å². The number of ether oxygens (including phenoxy) is 1. The molecular weight excluding hydrogens is 284 g/mol. The molecule has 1 aromatic heterocycles. The van der Waals surface area contributed by atoms with Crippen molar-refractivity contribution in [3.05, 3.63) is 57.4 Å². The summed E-state index contributed by atoms with van der Waals surface area (Å²) in [4.78, 5) is 14.2. The highest BCUT2D eigenvalue weighted by Crippen LogP contribution is 2.33. The number of hydrogen-bond donors (Lipinski definition) is 2. The van der Waals surface area contributed by atoms with Crippen molar-refractivity contribution in [3.8, 4) is 11.5 Å². The van der Waals surface area contributed by atoms with Crippen LogP contribution in [0.4, 0.5) is 5.69 Å². The van der Waals surface area contributed by atoms with Crippen LogP contribution < -0.4 is 10.5 Å². The third-order valence-corrected chi connectivity index (χ3v) is 2.59. The maximum atomic E-state index is 10.9. The maximum absolute atomic E-state index is 10.9. The molecule has 1 aromatic carbocycles.